The van der Waals surface area contributed by atoms with Crippen LogP contribution in [-0.4, -0.2) is 11.7 Å². The molecule has 0 aliphatic rings. The van der Waals surface area contributed by atoms with Crippen molar-refractivity contribution >= 4 is 6.08 Å². The second kappa shape index (κ2) is 9.57. The molecule has 0 bridgehead atoms. The molecule has 1 N–H and O–H groups in total. The van der Waals surface area contributed by atoms with Crippen molar-refractivity contribution in [1.29, 1.82) is 0 Å². The third kappa shape index (κ3) is 6.97. The number of hydrogen-bond donors (Lipinski definition) is 1. The number of benzene rings is 1. The summed E-state index contributed by atoms with van der Waals surface area (Å²) in [5, 5.41) is 9.16. The number of aliphatic hydroxyl groups excluding tert-OH is 1. The van der Waals surface area contributed by atoms with Gasteiger partial charge in [-0.15, -0.1) is 0 Å². The van der Waals surface area contributed by atoms with E-state index in [2.05, 4.69) is 43.3 Å². The van der Waals surface area contributed by atoms with Crippen LogP contribution in [0, 0.1) is 0 Å². The van der Waals surface area contributed by atoms with E-state index in [-0.39, 0.29) is 6.61 Å². The summed E-state index contributed by atoms with van der Waals surface area (Å²) >= 11 is 0. The van der Waals surface area contributed by atoms with Gasteiger partial charge < -0.3 is 5.11 Å². The molecule has 1 nitrogen and oxygen atoms in total. The van der Waals surface area contributed by atoms with Crippen LogP contribution in [0.4, 0.5) is 0 Å². The van der Waals surface area contributed by atoms with Gasteiger partial charge >= 0.3 is 0 Å². The number of aliphatic hydroxyl groups is 1. The molecule has 104 valence electrons. The Morgan fingerprint density at radius 1 is 1.11 bits per heavy atom. The zero-order valence-corrected chi connectivity index (χ0v) is 12.2. The van der Waals surface area contributed by atoms with Crippen LogP contribution in [0.15, 0.2) is 47.6 Å². The first-order valence-electron chi connectivity index (χ1n) is 7.30. The molecule has 0 saturated carbocycles. The summed E-state index contributed by atoms with van der Waals surface area (Å²) in [5.74, 6) is 0. The molecule has 0 aliphatic heterocycles. The predicted octanol–water partition coefficient (Wildman–Crippen LogP) is 4.98. The molecule has 0 radical (unpaired) electrons. The maximum absolute atomic E-state index is 9.16. The minimum absolute atomic E-state index is 0.140. The molecule has 1 aromatic rings. The van der Waals surface area contributed by atoms with E-state index in [1.54, 1.807) is 0 Å². The lowest BCUT2D eigenvalue weighted by Gasteiger charge is -2.05. The van der Waals surface area contributed by atoms with Crippen LogP contribution in [0.5, 0.6) is 0 Å². The van der Waals surface area contributed by atoms with Crippen molar-refractivity contribution in [3.8, 4) is 0 Å². The van der Waals surface area contributed by atoms with Crippen molar-refractivity contribution in [2.75, 3.05) is 6.61 Å². The van der Waals surface area contributed by atoms with Gasteiger partial charge in [0.25, 0.3) is 0 Å². The molecule has 0 aromatic heterocycles. The molecule has 0 aliphatic carbocycles. The van der Waals surface area contributed by atoms with Gasteiger partial charge in [0.1, 0.15) is 0 Å². The zero-order valence-electron chi connectivity index (χ0n) is 12.2. The Bertz CT molecular complexity index is 401. The van der Waals surface area contributed by atoms with Gasteiger partial charge in [-0.2, -0.15) is 0 Å². The molecular weight excluding hydrogens is 232 g/mol. The third-order valence-electron chi connectivity index (χ3n) is 3.15. The SMILES string of the molecule is CCCCCCC(C=C(C)CO)=Cc1ccccc1. The van der Waals surface area contributed by atoms with Crippen molar-refractivity contribution in [3.05, 3.63) is 53.1 Å². The van der Waals surface area contributed by atoms with E-state index in [9.17, 15) is 0 Å². The van der Waals surface area contributed by atoms with E-state index in [0.29, 0.717) is 0 Å². The van der Waals surface area contributed by atoms with Crippen molar-refractivity contribution < 1.29 is 5.11 Å². The van der Waals surface area contributed by atoms with Gasteiger partial charge in [0.05, 0.1) is 6.61 Å². The van der Waals surface area contributed by atoms with E-state index in [1.165, 1.54) is 36.8 Å². The van der Waals surface area contributed by atoms with Crippen LogP contribution in [0.1, 0.15) is 51.5 Å². The van der Waals surface area contributed by atoms with Gasteiger partial charge in [0.15, 0.2) is 0 Å². The minimum Gasteiger partial charge on any atom is -0.392 e. The molecule has 0 unspecified atom stereocenters. The van der Waals surface area contributed by atoms with Crippen molar-refractivity contribution in [2.45, 2.75) is 46.0 Å². The van der Waals surface area contributed by atoms with Crippen LogP contribution < -0.4 is 0 Å². The Kier molecular flexibility index (Phi) is 7.92. The van der Waals surface area contributed by atoms with E-state index < -0.39 is 0 Å². The van der Waals surface area contributed by atoms with Gasteiger partial charge in [0, 0.05) is 0 Å². The molecule has 0 atom stereocenters. The Morgan fingerprint density at radius 3 is 2.47 bits per heavy atom. The number of hydrogen-bond acceptors (Lipinski definition) is 1. The molecule has 0 heterocycles. The van der Waals surface area contributed by atoms with Crippen molar-refractivity contribution in [2.24, 2.45) is 0 Å². The molecule has 19 heavy (non-hydrogen) atoms. The largest absolute Gasteiger partial charge is 0.392 e. The van der Waals surface area contributed by atoms with E-state index in [1.807, 2.05) is 13.0 Å². The van der Waals surface area contributed by atoms with Crippen LogP contribution in [0.2, 0.25) is 0 Å². The predicted molar refractivity (Wildman–Crippen MR) is 84.0 cm³/mol. The maximum Gasteiger partial charge on any atom is 0.0642 e. The molecule has 0 fully saturated rings. The fourth-order valence-electron chi connectivity index (χ4n) is 2.07. The Hall–Kier alpha value is -1.34. The highest BCUT2D eigenvalue weighted by Gasteiger charge is 1.97. The lowest BCUT2D eigenvalue weighted by molar-refractivity contribution is 0.331. The molecular formula is C18H26O. The van der Waals surface area contributed by atoms with Crippen molar-refractivity contribution in [1.82, 2.24) is 0 Å². The Labute approximate surface area is 117 Å². The zero-order chi connectivity index (χ0) is 13.9. The van der Waals surface area contributed by atoms with Gasteiger partial charge in [-0.05, 0) is 36.5 Å². The lowest BCUT2D eigenvalue weighted by Crippen LogP contribution is -1.88. The molecule has 0 amide bonds. The van der Waals surface area contributed by atoms with Gasteiger partial charge in [0.2, 0.25) is 0 Å². The van der Waals surface area contributed by atoms with E-state index >= 15 is 0 Å². The number of allylic oxidation sites excluding steroid dienone is 2. The second-order valence-electron chi connectivity index (χ2n) is 5.09. The molecule has 0 spiro atoms. The van der Waals surface area contributed by atoms with Crippen molar-refractivity contribution in [3.63, 3.8) is 0 Å². The van der Waals surface area contributed by atoms with E-state index in [4.69, 9.17) is 5.11 Å². The number of unbranched alkanes of at least 4 members (excludes halogenated alkanes) is 3. The fourth-order valence-corrected chi connectivity index (χ4v) is 2.07. The summed E-state index contributed by atoms with van der Waals surface area (Å²) in [5.41, 5.74) is 3.57. The third-order valence-corrected chi connectivity index (χ3v) is 3.15. The van der Waals surface area contributed by atoms with Crippen LogP contribution in [-0.2, 0) is 0 Å². The minimum atomic E-state index is 0.140. The normalized spacial score (nSPS) is 12.8. The highest BCUT2D eigenvalue weighted by molar-refractivity contribution is 5.56. The monoisotopic (exact) mass is 258 g/mol. The average molecular weight is 258 g/mol. The first kappa shape index (κ1) is 15.7. The Morgan fingerprint density at radius 2 is 1.84 bits per heavy atom. The fraction of sp³-hybridized carbons (Fsp3) is 0.444. The first-order chi connectivity index (χ1) is 9.26. The van der Waals surface area contributed by atoms with Crippen LogP contribution >= 0.6 is 0 Å². The van der Waals surface area contributed by atoms with Crippen LogP contribution in [0.3, 0.4) is 0 Å². The average Bonchev–Trinajstić information content (AvgIpc) is 2.44. The summed E-state index contributed by atoms with van der Waals surface area (Å²) in [6.07, 6.45) is 10.5. The smallest absolute Gasteiger partial charge is 0.0642 e. The quantitative estimate of drug-likeness (QED) is 0.515. The van der Waals surface area contributed by atoms with Gasteiger partial charge in [-0.1, -0.05) is 68.7 Å². The summed E-state index contributed by atoms with van der Waals surface area (Å²) in [6, 6.07) is 10.4. The van der Waals surface area contributed by atoms with Crippen LogP contribution in [0.25, 0.3) is 6.08 Å². The lowest BCUT2D eigenvalue weighted by atomic mass is 10.0. The first-order valence-corrected chi connectivity index (χ1v) is 7.30. The molecule has 1 heteroatoms. The molecule has 1 rings (SSSR count). The highest BCUT2D eigenvalue weighted by Crippen LogP contribution is 2.17. The summed E-state index contributed by atoms with van der Waals surface area (Å²) in [4.78, 5) is 0. The summed E-state index contributed by atoms with van der Waals surface area (Å²) in [6.45, 7) is 4.35. The topological polar surface area (TPSA) is 20.2 Å². The molecule has 0 saturated heterocycles. The Balaban J connectivity index is 2.72. The number of rotatable bonds is 8. The van der Waals surface area contributed by atoms with Gasteiger partial charge in [-0.25, -0.2) is 0 Å². The summed E-state index contributed by atoms with van der Waals surface area (Å²) < 4.78 is 0. The van der Waals surface area contributed by atoms with Gasteiger partial charge in [-0.3, -0.25) is 0 Å². The highest BCUT2D eigenvalue weighted by atomic mass is 16.3. The molecule has 1 aromatic carbocycles. The van der Waals surface area contributed by atoms with E-state index in [0.717, 1.165) is 12.0 Å². The summed E-state index contributed by atoms with van der Waals surface area (Å²) in [7, 11) is 0. The standard InChI is InChI=1S/C18H26O/c1-3-4-5-7-12-18(13-16(2)15-19)14-17-10-8-6-9-11-17/h6,8-11,13-14,19H,3-5,7,12,15H2,1-2H3. The maximum atomic E-state index is 9.16. The second-order valence-corrected chi connectivity index (χ2v) is 5.09.